The minimum absolute atomic E-state index is 0.153. The molecule has 7 aliphatic carbocycles. The maximum Gasteiger partial charge on any atom is 0.259 e. The third-order valence-corrected chi connectivity index (χ3v) is 11.2. The maximum atomic E-state index is 12.7. The molecule has 7 rings (SSSR count). The first-order chi connectivity index (χ1) is 8.50. The molecule has 0 saturated heterocycles. The Kier molecular flexibility index (Phi) is 2.02. The second-order valence-electron chi connectivity index (χ2n) is 7.77. The number of rotatable bonds is 1. The molecule has 0 spiro atoms. The van der Waals surface area contributed by atoms with Crippen LogP contribution in [0.25, 0.3) is 0 Å². The summed E-state index contributed by atoms with van der Waals surface area (Å²) in [6.07, 6.45) is 7.88. The predicted molar refractivity (Wildman–Crippen MR) is 74.2 cm³/mol. The number of hydrogen-bond acceptors (Lipinski definition) is 1. The molecule has 8 bridgehead atoms. The van der Waals surface area contributed by atoms with Crippen LogP contribution in [0.1, 0.15) is 38.5 Å². The van der Waals surface area contributed by atoms with Gasteiger partial charge in [-0.2, -0.15) is 0 Å². The Morgan fingerprint density at radius 2 is 1.39 bits per heavy atom. The van der Waals surface area contributed by atoms with E-state index >= 15 is 0 Å². The van der Waals surface area contributed by atoms with Crippen molar-refractivity contribution in [1.82, 2.24) is 0 Å². The smallest absolute Gasteiger partial charge is 0.259 e. The summed E-state index contributed by atoms with van der Waals surface area (Å²) in [6, 6.07) is 0. The maximum absolute atomic E-state index is 12.7. The summed E-state index contributed by atoms with van der Waals surface area (Å²) in [5, 5.41) is -0.153. The largest absolute Gasteiger partial charge is 0.289 e. The van der Waals surface area contributed by atoms with E-state index in [4.69, 9.17) is 22.5 Å². The van der Waals surface area contributed by atoms with Gasteiger partial charge in [-0.3, -0.25) is 4.57 Å². The standard InChI is InChI=1S/C14H19Cl2OP/c15-18(16,17)14-6-8-2-10-9-1-7(4-12(10)14)5-13(14)11(9)3-8/h7-13H,1-6H2. The molecule has 7 aliphatic rings. The number of hydrogen-bond donors (Lipinski definition) is 0. The lowest BCUT2D eigenvalue weighted by atomic mass is 9.35. The van der Waals surface area contributed by atoms with E-state index in [0.29, 0.717) is 11.8 Å². The van der Waals surface area contributed by atoms with E-state index in [-0.39, 0.29) is 5.16 Å². The van der Waals surface area contributed by atoms with Crippen LogP contribution in [0.15, 0.2) is 0 Å². The van der Waals surface area contributed by atoms with Gasteiger partial charge in [0.25, 0.3) is 5.85 Å². The summed E-state index contributed by atoms with van der Waals surface area (Å²) in [5.74, 6) is 2.47. The zero-order chi connectivity index (χ0) is 12.3. The van der Waals surface area contributed by atoms with Gasteiger partial charge in [0.05, 0.1) is 5.16 Å². The molecular formula is C14H19Cl2OP. The summed E-state index contributed by atoms with van der Waals surface area (Å²) in [4.78, 5) is 0. The molecule has 4 heteroatoms. The van der Waals surface area contributed by atoms with E-state index in [2.05, 4.69) is 0 Å². The molecule has 100 valence electrons. The molecule has 4 atom stereocenters. The SMILES string of the molecule is O=P(Cl)(Cl)C12CC3CC4C5CC(CC41)CC2C5C3. The van der Waals surface area contributed by atoms with Gasteiger partial charge in [0.15, 0.2) is 0 Å². The van der Waals surface area contributed by atoms with Crippen molar-refractivity contribution in [2.45, 2.75) is 43.7 Å². The zero-order valence-corrected chi connectivity index (χ0v) is 12.8. The summed E-state index contributed by atoms with van der Waals surface area (Å²) in [7, 11) is 0. The average Bonchev–Trinajstić information content (AvgIpc) is 2.33. The Bertz CT molecular complexity index is 448. The fourth-order valence-electron chi connectivity index (χ4n) is 7.40. The van der Waals surface area contributed by atoms with E-state index < -0.39 is 5.85 Å². The third-order valence-electron chi connectivity index (χ3n) is 7.51. The lowest BCUT2D eigenvalue weighted by molar-refractivity contribution is -0.189. The molecule has 0 radical (unpaired) electrons. The average molecular weight is 305 g/mol. The summed E-state index contributed by atoms with van der Waals surface area (Å²) in [6.45, 7) is 0. The monoisotopic (exact) mass is 304 g/mol. The van der Waals surface area contributed by atoms with E-state index in [1.807, 2.05) is 0 Å². The van der Waals surface area contributed by atoms with Gasteiger partial charge in [-0.15, -0.1) is 0 Å². The van der Waals surface area contributed by atoms with E-state index in [1.54, 1.807) is 0 Å². The fourth-order valence-corrected chi connectivity index (χ4v) is 11.2. The van der Waals surface area contributed by atoms with Crippen LogP contribution in [-0.2, 0) is 4.57 Å². The molecule has 0 aromatic rings. The van der Waals surface area contributed by atoms with Crippen molar-refractivity contribution in [1.29, 1.82) is 0 Å². The van der Waals surface area contributed by atoms with Gasteiger partial charge in [0, 0.05) is 0 Å². The van der Waals surface area contributed by atoms with Crippen LogP contribution in [0.4, 0.5) is 0 Å². The van der Waals surface area contributed by atoms with Crippen molar-refractivity contribution in [3.05, 3.63) is 0 Å². The van der Waals surface area contributed by atoms with Gasteiger partial charge in [-0.05, 0) is 102 Å². The zero-order valence-electron chi connectivity index (χ0n) is 10.4. The molecule has 0 aromatic heterocycles. The highest BCUT2D eigenvalue weighted by Crippen LogP contribution is 2.85. The summed E-state index contributed by atoms with van der Waals surface area (Å²) in [5.41, 5.74) is 0. The third kappa shape index (κ3) is 1.07. The number of halogens is 2. The highest BCUT2D eigenvalue weighted by Gasteiger charge is 2.74. The Hall–Kier alpha value is 0.810. The Labute approximate surface area is 118 Å². The van der Waals surface area contributed by atoms with Gasteiger partial charge in [-0.25, -0.2) is 0 Å². The fraction of sp³-hybridized carbons (Fsp3) is 1.00. The first-order valence-corrected chi connectivity index (χ1v) is 11.0. The molecule has 7 fully saturated rings. The highest BCUT2D eigenvalue weighted by atomic mass is 35.9. The van der Waals surface area contributed by atoms with Crippen molar-refractivity contribution >= 4 is 28.3 Å². The topological polar surface area (TPSA) is 17.1 Å². The van der Waals surface area contributed by atoms with Crippen LogP contribution in [0.5, 0.6) is 0 Å². The Balaban J connectivity index is 1.75. The lowest BCUT2D eigenvalue weighted by Gasteiger charge is -2.74. The normalized spacial score (nSPS) is 63.8. The first-order valence-electron chi connectivity index (χ1n) is 7.50. The van der Waals surface area contributed by atoms with Gasteiger partial charge in [0.1, 0.15) is 0 Å². The quantitative estimate of drug-likeness (QED) is 0.615. The molecule has 0 aliphatic heterocycles. The van der Waals surface area contributed by atoms with Crippen LogP contribution >= 0.6 is 28.3 Å². The van der Waals surface area contributed by atoms with Crippen LogP contribution in [0, 0.1) is 41.4 Å². The molecule has 0 heterocycles. The van der Waals surface area contributed by atoms with Crippen molar-refractivity contribution < 1.29 is 4.57 Å². The summed E-state index contributed by atoms with van der Waals surface area (Å²) < 4.78 is 12.7. The van der Waals surface area contributed by atoms with Gasteiger partial charge >= 0.3 is 0 Å². The lowest BCUT2D eigenvalue weighted by Crippen LogP contribution is -2.70. The van der Waals surface area contributed by atoms with E-state index in [0.717, 1.165) is 36.0 Å². The summed E-state index contributed by atoms with van der Waals surface area (Å²) >= 11 is 12.7. The van der Waals surface area contributed by atoms with Crippen LogP contribution in [0.2, 0.25) is 0 Å². The molecule has 1 nitrogen and oxygen atoms in total. The van der Waals surface area contributed by atoms with Crippen molar-refractivity contribution in [2.75, 3.05) is 0 Å². The first kappa shape index (κ1) is 11.5. The predicted octanol–water partition coefficient (Wildman–Crippen LogP) is 5.12. The second kappa shape index (κ2) is 3.18. The van der Waals surface area contributed by atoms with E-state index in [1.165, 1.54) is 32.1 Å². The molecule has 18 heavy (non-hydrogen) atoms. The van der Waals surface area contributed by atoms with Gasteiger partial charge < -0.3 is 0 Å². The van der Waals surface area contributed by atoms with Crippen molar-refractivity contribution in [3.63, 3.8) is 0 Å². The van der Waals surface area contributed by atoms with Crippen LogP contribution in [-0.4, -0.2) is 5.16 Å². The van der Waals surface area contributed by atoms with Crippen LogP contribution < -0.4 is 0 Å². The van der Waals surface area contributed by atoms with Crippen molar-refractivity contribution in [2.24, 2.45) is 41.4 Å². The van der Waals surface area contributed by atoms with E-state index in [9.17, 15) is 4.57 Å². The Morgan fingerprint density at radius 1 is 0.833 bits per heavy atom. The van der Waals surface area contributed by atoms with Gasteiger partial charge in [-0.1, -0.05) is 0 Å². The Morgan fingerprint density at radius 3 is 1.94 bits per heavy atom. The van der Waals surface area contributed by atoms with Crippen LogP contribution in [0.3, 0.4) is 0 Å². The molecule has 0 amide bonds. The molecule has 4 unspecified atom stereocenters. The molecule has 7 saturated carbocycles. The molecule has 0 N–H and O–H groups in total. The van der Waals surface area contributed by atoms with Crippen molar-refractivity contribution in [3.8, 4) is 0 Å². The minimum Gasteiger partial charge on any atom is -0.289 e. The molecule has 0 aromatic carbocycles. The molecular weight excluding hydrogens is 286 g/mol. The highest BCUT2D eigenvalue weighted by molar-refractivity contribution is 8.09. The second-order valence-corrected chi connectivity index (χ2v) is 12.9. The minimum atomic E-state index is -3.00. The van der Waals surface area contributed by atoms with Gasteiger partial charge in [0.2, 0.25) is 0 Å².